The van der Waals surface area contributed by atoms with Crippen molar-refractivity contribution < 1.29 is 14.3 Å². The van der Waals surface area contributed by atoms with Crippen molar-refractivity contribution in [3.05, 3.63) is 84.0 Å². The molecule has 0 aliphatic rings. The van der Waals surface area contributed by atoms with Crippen LogP contribution in [0.25, 0.3) is 6.08 Å². The molecule has 0 unspecified atom stereocenters. The molecule has 0 saturated heterocycles. The molecular weight excluding hydrogens is 350 g/mol. The third-order valence-electron chi connectivity index (χ3n) is 4.16. The molecule has 0 aliphatic heterocycles. The number of ether oxygens (including phenoxy) is 1. The maximum absolute atomic E-state index is 13.0. The predicted molar refractivity (Wildman–Crippen MR) is 114 cm³/mol. The van der Waals surface area contributed by atoms with Crippen LogP contribution < -0.4 is 4.90 Å². The summed E-state index contributed by atoms with van der Waals surface area (Å²) in [6.45, 7) is 4.31. The molecule has 146 valence electrons. The number of anilines is 1. The van der Waals surface area contributed by atoms with E-state index in [-0.39, 0.29) is 12.5 Å². The van der Waals surface area contributed by atoms with E-state index < -0.39 is 5.97 Å². The van der Waals surface area contributed by atoms with Crippen molar-refractivity contribution in [2.75, 3.05) is 18.6 Å². The van der Waals surface area contributed by atoms with Gasteiger partial charge >= 0.3 is 5.97 Å². The Labute approximate surface area is 167 Å². The Bertz CT molecular complexity index is 823. The Kier molecular flexibility index (Phi) is 8.22. The molecule has 28 heavy (non-hydrogen) atoms. The van der Waals surface area contributed by atoms with E-state index >= 15 is 0 Å². The molecule has 0 aromatic heterocycles. The molecule has 0 radical (unpaired) electrons. The van der Waals surface area contributed by atoms with E-state index in [1.165, 1.54) is 13.2 Å². The number of carbonyl (C=O) groups is 2. The monoisotopic (exact) mass is 377 g/mol. The number of hydrogen-bond acceptors (Lipinski definition) is 3. The SMILES string of the molecule is COC(=O)/C(=C/CC(C)C)CN(C(=O)/C=C/c1ccccc1)c1ccccc1. The van der Waals surface area contributed by atoms with E-state index in [0.29, 0.717) is 11.5 Å². The Balaban J connectivity index is 2.30. The van der Waals surface area contributed by atoms with E-state index in [1.807, 2.05) is 66.7 Å². The summed E-state index contributed by atoms with van der Waals surface area (Å²) in [4.78, 5) is 26.8. The predicted octanol–water partition coefficient (Wildman–Crippen LogP) is 4.88. The number of hydrogen-bond donors (Lipinski definition) is 0. The van der Waals surface area contributed by atoms with Gasteiger partial charge in [-0.1, -0.05) is 68.5 Å². The van der Waals surface area contributed by atoms with Crippen LogP contribution in [0.1, 0.15) is 25.8 Å². The zero-order valence-corrected chi connectivity index (χ0v) is 16.7. The number of amides is 1. The Morgan fingerprint density at radius 1 is 1.00 bits per heavy atom. The highest BCUT2D eigenvalue weighted by molar-refractivity contribution is 6.05. The molecule has 0 atom stereocenters. The largest absolute Gasteiger partial charge is 0.466 e. The van der Waals surface area contributed by atoms with Gasteiger partial charge in [0.1, 0.15) is 0 Å². The van der Waals surface area contributed by atoms with Crippen LogP contribution in [0.4, 0.5) is 5.69 Å². The van der Waals surface area contributed by atoms with Gasteiger partial charge in [0.25, 0.3) is 5.91 Å². The van der Waals surface area contributed by atoms with Crippen molar-refractivity contribution in [2.45, 2.75) is 20.3 Å². The smallest absolute Gasteiger partial charge is 0.335 e. The van der Waals surface area contributed by atoms with Crippen LogP contribution in [0.2, 0.25) is 0 Å². The fourth-order valence-corrected chi connectivity index (χ4v) is 2.62. The summed E-state index contributed by atoms with van der Waals surface area (Å²) in [5, 5.41) is 0. The number of carbonyl (C=O) groups excluding carboxylic acids is 2. The third kappa shape index (κ3) is 6.54. The van der Waals surface area contributed by atoms with Crippen LogP contribution >= 0.6 is 0 Å². The summed E-state index contributed by atoms with van der Waals surface area (Å²) in [6, 6.07) is 19.0. The second-order valence-corrected chi connectivity index (χ2v) is 6.85. The normalized spacial score (nSPS) is 11.6. The van der Waals surface area contributed by atoms with Crippen molar-refractivity contribution in [2.24, 2.45) is 5.92 Å². The van der Waals surface area contributed by atoms with Crippen molar-refractivity contribution in [1.29, 1.82) is 0 Å². The highest BCUT2D eigenvalue weighted by atomic mass is 16.5. The van der Waals surface area contributed by atoms with Crippen molar-refractivity contribution in [1.82, 2.24) is 0 Å². The van der Waals surface area contributed by atoms with Gasteiger partial charge in [-0.05, 0) is 36.1 Å². The summed E-state index contributed by atoms with van der Waals surface area (Å²) in [5.74, 6) is -0.214. The average Bonchev–Trinajstić information content (AvgIpc) is 2.73. The lowest BCUT2D eigenvalue weighted by Crippen LogP contribution is -2.33. The molecule has 0 saturated carbocycles. The summed E-state index contributed by atoms with van der Waals surface area (Å²) in [7, 11) is 1.36. The maximum atomic E-state index is 13.0. The first kappa shape index (κ1) is 21.2. The van der Waals surface area contributed by atoms with Gasteiger partial charge in [0.15, 0.2) is 0 Å². The fourth-order valence-electron chi connectivity index (χ4n) is 2.62. The first-order valence-electron chi connectivity index (χ1n) is 9.38. The van der Waals surface area contributed by atoms with E-state index in [1.54, 1.807) is 11.0 Å². The minimum absolute atomic E-state index is 0.154. The zero-order chi connectivity index (χ0) is 20.4. The van der Waals surface area contributed by atoms with E-state index in [0.717, 1.165) is 17.7 Å². The molecule has 0 spiro atoms. The molecular formula is C24H27NO3. The number of benzene rings is 2. The van der Waals surface area contributed by atoms with Crippen LogP contribution in [0.5, 0.6) is 0 Å². The molecule has 0 fully saturated rings. The van der Waals surface area contributed by atoms with Gasteiger partial charge in [0.2, 0.25) is 0 Å². The number of para-hydroxylation sites is 1. The van der Waals surface area contributed by atoms with Gasteiger partial charge in [-0.2, -0.15) is 0 Å². The van der Waals surface area contributed by atoms with Crippen LogP contribution in [0.15, 0.2) is 78.4 Å². The number of esters is 1. The highest BCUT2D eigenvalue weighted by Gasteiger charge is 2.19. The van der Waals surface area contributed by atoms with Gasteiger partial charge in [-0.3, -0.25) is 4.79 Å². The van der Waals surface area contributed by atoms with E-state index in [4.69, 9.17) is 4.74 Å². The first-order valence-corrected chi connectivity index (χ1v) is 9.38. The summed E-state index contributed by atoms with van der Waals surface area (Å²) >= 11 is 0. The average molecular weight is 377 g/mol. The Hall–Kier alpha value is -3.14. The molecule has 4 nitrogen and oxygen atoms in total. The van der Waals surface area contributed by atoms with E-state index in [9.17, 15) is 9.59 Å². The van der Waals surface area contributed by atoms with Gasteiger partial charge in [-0.15, -0.1) is 0 Å². The standard InChI is InChI=1S/C24H27NO3/c1-19(2)14-16-21(24(27)28-3)18-25(22-12-8-5-9-13-22)23(26)17-15-20-10-6-4-7-11-20/h4-13,15-17,19H,14,18H2,1-3H3/b17-15+,21-16+. The minimum Gasteiger partial charge on any atom is -0.466 e. The fraction of sp³-hybridized carbons (Fsp3) is 0.250. The summed E-state index contributed by atoms with van der Waals surface area (Å²) < 4.78 is 4.93. The van der Waals surface area contributed by atoms with Crippen molar-refractivity contribution in [3.8, 4) is 0 Å². The van der Waals surface area contributed by atoms with Crippen LogP contribution in [0, 0.1) is 5.92 Å². The van der Waals surface area contributed by atoms with Crippen LogP contribution in [-0.4, -0.2) is 25.5 Å². The molecule has 0 aliphatic carbocycles. The summed E-state index contributed by atoms with van der Waals surface area (Å²) in [6.07, 6.45) is 5.90. The first-order chi connectivity index (χ1) is 13.5. The van der Waals surface area contributed by atoms with Crippen LogP contribution in [0.3, 0.4) is 0 Å². The third-order valence-corrected chi connectivity index (χ3v) is 4.16. The number of nitrogens with zero attached hydrogens (tertiary/aromatic N) is 1. The molecule has 2 rings (SSSR count). The quantitative estimate of drug-likeness (QED) is 0.487. The topological polar surface area (TPSA) is 46.6 Å². The molecule has 0 N–H and O–H groups in total. The summed E-state index contributed by atoms with van der Waals surface area (Å²) in [5.41, 5.74) is 2.14. The highest BCUT2D eigenvalue weighted by Crippen LogP contribution is 2.18. The second kappa shape index (κ2) is 10.9. The van der Waals surface area contributed by atoms with E-state index in [2.05, 4.69) is 13.8 Å². The van der Waals surface area contributed by atoms with Gasteiger partial charge in [0.05, 0.1) is 19.2 Å². The maximum Gasteiger partial charge on any atom is 0.335 e. The number of methoxy groups -OCH3 is 1. The van der Waals surface area contributed by atoms with Crippen LogP contribution in [-0.2, 0) is 14.3 Å². The molecule has 4 heteroatoms. The van der Waals surface area contributed by atoms with Crippen molar-refractivity contribution in [3.63, 3.8) is 0 Å². The number of allylic oxidation sites excluding steroid dienone is 1. The van der Waals surface area contributed by atoms with Crippen molar-refractivity contribution >= 4 is 23.6 Å². The van der Waals surface area contributed by atoms with Gasteiger partial charge in [-0.25, -0.2) is 4.79 Å². The molecule has 0 heterocycles. The van der Waals surface area contributed by atoms with Gasteiger partial charge < -0.3 is 9.64 Å². The minimum atomic E-state index is -0.415. The molecule has 2 aromatic carbocycles. The Morgan fingerprint density at radius 2 is 1.61 bits per heavy atom. The lowest BCUT2D eigenvalue weighted by atomic mass is 10.1. The lowest BCUT2D eigenvalue weighted by Gasteiger charge is -2.22. The lowest BCUT2D eigenvalue weighted by molar-refractivity contribution is -0.136. The molecule has 1 amide bonds. The second-order valence-electron chi connectivity index (χ2n) is 6.85. The molecule has 2 aromatic rings. The number of rotatable bonds is 8. The zero-order valence-electron chi connectivity index (χ0n) is 16.7. The molecule has 0 bridgehead atoms. The van der Waals surface area contributed by atoms with Gasteiger partial charge in [0, 0.05) is 11.8 Å². The Morgan fingerprint density at radius 3 is 2.18 bits per heavy atom.